The summed E-state index contributed by atoms with van der Waals surface area (Å²) in [4.78, 5) is 41.0. The molecule has 2 aromatic heterocycles. The number of amides is 2. The largest absolute Gasteiger partial charge is 0.497 e. The van der Waals surface area contributed by atoms with Gasteiger partial charge in [-0.25, -0.2) is 15.4 Å². The topological polar surface area (TPSA) is 112 Å². The summed E-state index contributed by atoms with van der Waals surface area (Å²) in [5.41, 5.74) is 9.86. The van der Waals surface area contributed by atoms with Crippen LogP contribution < -0.4 is 20.4 Å². The smallest absolute Gasteiger partial charge is 0.273 e. The van der Waals surface area contributed by atoms with E-state index in [2.05, 4.69) is 36.7 Å². The minimum absolute atomic E-state index is 0.282. The molecule has 0 bridgehead atoms. The molecule has 0 atom stereocenters. The summed E-state index contributed by atoms with van der Waals surface area (Å²) in [5, 5.41) is 8.24. The highest BCUT2D eigenvalue weighted by atomic mass is 16.5. The van der Waals surface area contributed by atoms with Crippen molar-refractivity contribution < 1.29 is 14.3 Å². The van der Waals surface area contributed by atoms with Crippen molar-refractivity contribution >= 4 is 40.4 Å². The highest BCUT2D eigenvalue weighted by Gasteiger charge is 2.21. The molecule has 2 aliphatic heterocycles. The normalized spacial score (nSPS) is 14.8. The molecule has 3 aromatic carbocycles. The van der Waals surface area contributed by atoms with Crippen molar-refractivity contribution in [3.8, 4) is 5.75 Å². The fourth-order valence-corrected chi connectivity index (χ4v) is 6.52. The Morgan fingerprint density at radius 1 is 0.918 bits per heavy atom. The van der Waals surface area contributed by atoms with Crippen LogP contribution in [-0.4, -0.2) is 59.6 Å². The number of nitrogens with zero attached hydrogens (tertiary/aromatic N) is 5. The number of fused-ring (bicyclic) bond motifs is 2. The second-order valence-electron chi connectivity index (χ2n) is 12.5. The van der Waals surface area contributed by atoms with Gasteiger partial charge in [0.15, 0.2) is 5.65 Å². The van der Waals surface area contributed by atoms with Gasteiger partial charge in [0, 0.05) is 67.7 Å². The zero-order chi connectivity index (χ0) is 33.6. The first kappa shape index (κ1) is 32.0. The van der Waals surface area contributed by atoms with Gasteiger partial charge in [-0.1, -0.05) is 12.1 Å². The van der Waals surface area contributed by atoms with Crippen LogP contribution in [0.1, 0.15) is 62.4 Å². The number of rotatable bonds is 9. The Hall–Kier alpha value is -5.61. The number of ether oxygens (including phenoxy) is 1. The minimum atomic E-state index is -0.406. The first-order valence-electron chi connectivity index (χ1n) is 16.7. The molecule has 7 rings (SSSR count). The van der Waals surface area contributed by atoms with E-state index in [9.17, 15) is 9.59 Å². The van der Waals surface area contributed by atoms with Crippen molar-refractivity contribution in [2.24, 2.45) is 5.10 Å². The van der Waals surface area contributed by atoms with Gasteiger partial charge in [-0.15, -0.1) is 0 Å². The predicted molar refractivity (Wildman–Crippen MR) is 192 cm³/mol. The van der Waals surface area contributed by atoms with Crippen LogP contribution in [0.4, 0.5) is 11.4 Å². The van der Waals surface area contributed by atoms with Gasteiger partial charge < -0.3 is 15.0 Å². The first-order valence-corrected chi connectivity index (χ1v) is 16.7. The van der Waals surface area contributed by atoms with Gasteiger partial charge in [-0.2, -0.15) is 5.10 Å². The standard InChI is InChI=1S/C39H39N7O3/c1-49-33-13-10-27(11-14-33)24-41-44-39(48)34-23-32(46-18-3-2-4-19-46)12-15-36(34)43-38(47)30-8-5-7-28(21-30)25-45-20-16-35-31(26-45)22-29-9-6-17-40-37(29)42-35/h5-15,17,21-24H,2-4,16,18-20,25-26H2,1H3,(H,43,47)(H,44,48). The van der Waals surface area contributed by atoms with Gasteiger partial charge in [-0.3, -0.25) is 14.5 Å². The van der Waals surface area contributed by atoms with Crippen LogP contribution in [0.2, 0.25) is 0 Å². The third-order valence-electron chi connectivity index (χ3n) is 9.12. The van der Waals surface area contributed by atoms with Gasteiger partial charge in [0.2, 0.25) is 0 Å². The first-order chi connectivity index (χ1) is 24.0. The van der Waals surface area contributed by atoms with Gasteiger partial charge >= 0.3 is 0 Å². The summed E-state index contributed by atoms with van der Waals surface area (Å²) in [5.74, 6) is 0.0508. The van der Waals surface area contributed by atoms with Crippen LogP contribution >= 0.6 is 0 Å². The average molecular weight is 654 g/mol. The zero-order valence-corrected chi connectivity index (χ0v) is 27.6. The maximum absolute atomic E-state index is 13.6. The number of aromatic nitrogens is 2. The molecular formula is C39H39N7O3. The van der Waals surface area contributed by atoms with E-state index < -0.39 is 5.91 Å². The summed E-state index contributed by atoms with van der Waals surface area (Å²) in [7, 11) is 1.61. The molecule has 0 radical (unpaired) electrons. The summed E-state index contributed by atoms with van der Waals surface area (Å²) >= 11 is 0. The van der Waals surface area contributed by atoms with Crippen molar-refractivity contribution in [2.75, 3.05) is 37.0 Å². The van der Waals surface area contributed by atoms with Crippen LogP contribution in [-0.2, 0) is 19.5 Å². The van der Waals surface area contributed by atoms with E-state index in [0.717, 1.165) is 84.7 Å². The Balaban J connectivity index is 1.06. The van der Waals surface area contributed by atoms with Crippen molar-refractivity contribution in [2.45, 2.75) is 38.8 Å². The lowest BCUT2D eigenvalue weighted by atomic mass is 10.0. The highest BCUT2D eigenvalue weighted by Crippen LogP contribution is 2.27. The number of carbonyl (C=O) groups is 2. The van der Waals surface area contributed by atoms with E-state index in [0.29, 0.717) is 23.4 Å². The molecule has 0 spiro atoms. The number of hydrogen-bond donors (Lipinski definition) is 2. The van der Waals surface area contributed by atoms with Gasteiger partial charge in [0.05, 0.1) is 24.6 Å². The Bertz CT molecular complexity index is 2000. The summed E-state index contributed by atoms with van der Waals surface area (Å²) in [6, 6.07) is 26.8. The highest BCUT2D eigenvalue weighted by molar-refractivity contribution is 6.09. The molecule has 1 saturated heterocycles. The quantitative estimate of drug-likeness (QED) is 0.144. The summed E-state index contributed by atoms with van der Waals surface area (Å²) in [6.07, 6.45) is 7.63. The lowest BCUT2D eigenvalue weighted by Crippen LogP contribution is -2.30. The Kier molecular flexibility index (Phi) is 9.56. The molecular weight excluding hydrogens is 614 g/mol. The number of anilines is 2. The molecule has 1 fully saturated rings. The van der Waals surface area contributed by atoms with Gasteiger partial charge in [0.1, 0.15) is 5.75 Å². The number of methoxy groups -OCH3 is 1. The number of hydrazone groups is 1. The summed E-state index contributed by atoms with van der Waals surface area (Å²) in [6.45, 7) is 4.23. The molecule has 0 aliphatic carbocycles. The molecule has 10 nitrogen and oxygen atoms in total. The second-order valence-corrected chi connectivity index (χ2v) is 12.5. The zero-order valence-electron chi connectivity index (χ0n) is 27.6. The van der Waals surface area contributed by atoms with E-state index in [1.807, 2.05) is 72.8 Å². The average Bonchev–Trinajstić information content (AvgIpc) is 3.15. The molecule has 10 heteroatoms. The van der Waals surface area contributed by atoms with Crippen molar-refractivity contribution in [1.29, 1.82) is 0 Å². The van der Waals surface area contributed by atoms with Crippen LogP contribution in [0, 0.1) is 0 Å². The molecule has 0 saturated carbocycles. The van der Waals surface area contributed by atoms with Gasteiger partial charge in [-0.05, 0) is 109 Å². The Morgan fingerprint density at radius 3 is 2.61 bits per heavy atom. The lowest BCUT2D eigenvalue weighted by molar-refractivity contribution is 0.0956. The number of carbonyl (C=O) groups excluding carboxylic acids is 2. The predicted octanol–water partition coefficient (Wildman–Crippen LogP) is 6.20. The van der Waals surface area contributed by atoms with Crippen molar-refractivity contribution in [3.05, 3.63) is 125 Å². The van der Waals surface area contributed by atoms with Gasteiger partial charge in [0.25, 0.3) is 11.8 Å². The number of hydrogen-bond acceptors (Lipinski definition) is 8. The molecule has 49 heavy (non-hydrogen) atoms. The number of benzene rings is 3. The minimum Gasteiger partial charge on any atom is -0.497 e. The van der Waals surface area contributed by atoms with E-state index in [1.54, 1.807) is 25.6 Å². The van der Waals surface area contributed by atoms with Crippen molar-refractivity contribution in [3.63, 3.8) is 0 Å². The molecule has 248 valence electrons. The number of nitrogens with one attached hydrogen (secondary N) is 2. The van der Waals surface area contributed by atoms with Crippen LogP contribution in [0.25, 0.3) is 11.0 Å². The van der Waals surface area contributed by atoms with E-state index in [1.165, 1.54) is 12.0 Å². The lowest BCUT2D eigenvalue weighted by Gasteiger charge is -2.29. The molecule has 2 N–H and O–H groups in total. The second kappa shape index (κ2) is 14.7. The Labute approximate surface area is 285 Å². The maximum atomic E-state index is 13.6. The SMILES string of the molecule is COc1ccc(C=NNC(=O)c2cc(N3CCCCC3)ccc2NC(=O)c2cccc(CN3CCc4nc5ncccc5cc4C3)c2)cc1. The molecule has 0 unspecified atom stereocenters. The van der Waals surface area contributed by atoms with E-state index in [-0.39, 0.29) is 5.91 Å². The molecule has 5 aromatic rings. The third kappa shape index (κ3) is 7.60. The Morgan fingerprint density at radius 2 is 1.78 bits per heavy atom. The number of piperidine rings is 1. The van der Waals surface area contributed by atoms with Crippen LogP contribution in [0.5, 0.6) is 5.75 Å². The maximum Gasteiger partial charge on any atom is 0.273 e. The molecule has 2 amide bonds. The summed E-state index contributed by atoms with van der Waals surface area (Å²) < 4.78 is 5.21. The van der Waals surface area contributed by atoms with Crippen LogP contribution in [0.15, 0.2) is 96.2 Å². The van der Waals surface area contributed by atoms with E-state index in [4.69, 9.17) is 9.72 Å². The monoisotopic (exact) mass is 653 g/mol. The number of pyridine rings is 2. The fraction of sp³-hybridized carbons (Fsp3) is 0.256. The van der Waals surface area contributed by atoms with Crippen LogP contribution in [0.3, 0.4) is 0 Å². The molecule has 2 aliphatic rings. The molecule has 4 heterocycles. The fourth-order valence-electron chi connectivity index (χ4n) is 6.52. The third-order valence-corrected chi connectivity index (χ3v) is 9.12. The van der Waals surface area contributed by atoms with Crippen molar-refractivity contribution in [1.82, 2.24) is 20.3 Å². The van der Waals surface area contributed by atoms with E-state index >= 15 is 0 Å².